The first-order valence-electron chi connectivity index (χ1n) is 8.02. The molecule has 0 aliphatic heterocycles. The fourth-order valence-electron chi connectivity index (χ4n) is 2.69. The number of nitrogens with zero attached hydrogens (tertiary/aromatic N) is 1. The highest BCUT2D eigenvalue weighted by Gasteiger charge is 2.25. The van der Waals surface area contributed by atoms with Crippen molar-refractivity contribution in [3.05, 3.63) is 75.8 Å². The summed E-state index contributed by atoms with van der Waals surface area (Å²) in [5.41, 5.74) is -0.209. The molecule has 4 nitrogen and oxygen atoms in total. The lowest BCUT2D eigenvalue weighted by molar-refractivity contribution is 0.0953. The minimum atomic E-state index is -0.691. The summed E-state index contributed by atoms with van der Waals surface area (Å²) in [5.74, 6) is -2.48. The lowest BCUT2D eigenvalue weighted by Crippen LogP contribution is -2.27. The van der Waals surface area contributed by atoms with E-state index in [4.69, 9.17) is 16.1 Å². The maximum atomic E-state index is 14.2. The van der Waals surface area contributed by atoms with Gasteiger partial charge < -0.3 is 9.84 Å². The normalized spacial score (nSPS) is 10.9. The first-order valence-corrected chi connectivity index (χ1v) is 8.39. The largest absolute Gasteiger partial charge is 0.360 e. The second-order valence-electron chi connectivity index (χ2n) is 5.77. The summed E-state index contributed by atoms with van der Waals surface area (Å²) in [5, 5.41) is 6.36. The van der Waals surface area contributed by atoms with E-state index < -0.39 is 23.4 Å². The van der Waals surface area contributed by atoms with Crippen molar-refractivity contribution < 1.29 is 22.5 Å². The van der Waals surface area contributed by atoms with Gasteiger partial charge in [0.15, 0.2) is 0 Å². The smallest absolute Gasteiger partial charge is 0.257 e. The fraction of sp³-hybridized carbons (Fsp3) is 0.158. The van der Waals surface area contributed by atoms with Gasteiger partial charge in [0.05, 0.1) is 10.6 Å². The van der Waals surface area contributed by atoms with Crippen LogP contribution < -0.4 is 5.32 Å². The highest BCUT2D eigenvalue weighted by Crippen LogP contribution is 2.33. The number of carbonyl (C=O) groups is 1. The van der Waals surface area contributed by atoms with Gasteiger partial charge in [0.1, 0.15) is 34.5 Å². The summed E-state index contributed by atoms with van der Waals surface area (Å²) in [4.78, 5) is 12.5. The Morgan fingerprint density at radius 1 is 1.11 bits per heavy atom. The van der Waals surface area contributed by atoms with E-state index in [-0.39, 0.29) is 46.1 Å². The maximum absolute atomic E-state index is 14.2. The molecule has 0 aliphatic rings. The van der Waals surface area contributed by atoms with Crippen LogP contribution in [0, 0.1) is 24.4 Å². The van der Waals surface area contributed by atoms with Gasteiger partial charge in [-0.1, -0.05) is 28.9 Å². The number of amides is 1. The molecule has 27 heavy (non-hydrogen) atoms. The van der Waals surface area contributed by atoms with Crippen LogP contribution in [0.2, 0.25) is 5.02 Å². The van der Waals surface area contributed by atoms with Crippen LogP contribution in [0.5, 0.6) is 0 Å². The van der Waals surface area contributed by atoms with E-state index in [0.717, 1.165) is 12.1 Å². The summed E-state index contributed by atoms with van der Waals surface area (Å²) in [6.45, 7) is 1.46. The molecule has 0 aliphatic carbocycles. The Labute approximate surface area is 157 Å². The molecular formula is C19H14ClF3N2O2. The van der Waals surface area contributed by atoms with Gasteiger partial charge in [-0.25, -0.2) is 13.2 Å². The van der Waals surface area contributed by atoms with Gasteiger partial charge in [0.2, 0.25) is 0 Å². The van der Waals surface area contributed by atoms with Crippen molar-refractivity contribution in [1.82, 2.24) is 10.5 Å². The highest BCUT2D eigenvalue weighted by molar-refractivity contribution is 6.33. The third kappa shape index (κ3) is 3.83. The van der Waals surface area contributed by atoms with Crippen molar-refractivity contribution >= 4 is 17.5 Å². The van der Waals surface area contributed by atoms with Crippen molar-refractivity contribution in [1.29, 1.82) is 0 Å². The summed E-state index contributed by atoms with van der Waals surface area (Å²) >= 11 is 6.03. The molecule has 3 aromatic rings. The molecule has 1 aromatic heterocycles. The lowest BCUT2D eigenvalue weighted by Gasteiger charge is -2.08. The van der Waals surface area contributed by atoms with Crippen LogP contribution in [0.1, 0.15) is 21.7 Å². The number of carbonyl (C=O) groups excluding carboxylic acids is 1. The number of hydrogen-bond donors (Lipinski definition) is 1. The van der Waals surface area contributed by atoms with Crippen molar-refractivity contribution in [3.63, 3.8) is 0 Å². The van der Waals surface area contributed by atoms with Crippen molar-refractivity contribution in [3.8, 4) is 11.3 Å². The Morgan fingerprint density at radius 3 is 2.41 bits per heavy atom. The first-order chi connectivity index (χ1) is 12.9. The Hall–Kier alpha value is -2.80. The minimum Gasteiger partial charge on any atom is -0.360 e. The number of aryl methyl sites for hydroxylation is 1. The topological polar surface area (TPSA) is 55.1 Å². The summed E-state index contributed by atoms with van der Waals surface area (Å²) in [7, 11) is 0. The molecule has 3 rings (SSSR count). The zero-order chi connectivity index (χ0) is 19.6. The second kappa shape index (κ2) is 7.84. The Balaban J connectivity index is 1.81. The average Bonchev–Trinajstić information content (AvgIpc) is 2.98. The van der Waals surface area contributed by atoms with Gasteiger partial charge in [0, 0.05) is 12.1 Å². The number of hydrogen-bond acceptors (Lipinski definition) is 3. The number of halogens is 4. The molecule has 0 fully saturated rings. The number of benzene rings is 2. The molecule has 0 bridgehead atoms. The highest BCUT2D eigenvalue weighted by atomic mass is 35.5. The van der Waals surface area contributed by atoms with Gasteiger partial charge in [-0.3, -0.25) is 4.79 Å². The second-order valence-corrected chi connectivity index (χ2v) is 6.17. The van der Waals surface area contributed by atoms with Crippen LogP contribution in [-0.2, 0) is 6.42 Å². The molecule has 0 saturated heterocycles. The van der Waals surface area contributed by atoms with Gasteiger partial charge in [0.25, 0.3) is 5.91 Å². The summed E-state index contributed by atoms with van der Waals surface area (Å²) < 4.78 is 46.5. The molecule has 0 saturated carbocycles. The van der Waals surface area contributed by atoms with Gasteiger partial charge in [-0.2, -0.15) is 0 Å². The SMILES string of the molecule is Cc1onc(-c2c(F)cccc2Cl)c1C(=O)NCCc1c(F)cccc1F. The van der Waals surface area contributed by atoms with Crippen LogP contribution >= 0.6 is 11.6 Å². The Morgan fingerprint density at radius 2 is 1.74 bits per heavy atom. The van der Waals surface area contributed by atoms with Gasteiger partial charge in [-0.15, -0.1) is 0 Å². The molecule has 1 heterocycles. The number of aromatic nitrogens is 1. The number of rotatable bonds is 5. The van der Waals surface area contributed by atoms with Crippen LogP contribution in [0.3, 0.4) is 0 Å². The molecule has 1 amide bonds. The first kappa shape index (κ1) is 19.0. The van der Waals surface area contributed by atoms with E-state index in [1.165, 1.54) is 31.2 Å². The van der Waals surface area contributed by atoms with Crippen molar-refractivity contribution in [2.45, 2.75) is 13.3 Å². The number of nitrogens with one attached hydrogen (secondary N) is 1. The van der Waals surface area contributed by atoms with Crippen LogP contribution in [-0.4, -0.2) is 17.6 Å². The van der Waals surface area contributed by atoms with Crippen molar-refractivity contribution in [2.75, 3.05) is 6.54 Å². The molecule has 0 unspecified atom stereocenters. The van der Waals surface area contributed by atoms with Crippen LogP contribution in [0.4, 0.5) is 13.2 Å². The summed E-state index contributed by atoms with van der Waals surface area (Å²) in [6.07, 6.45) is -0.0512. The monoisotopic (exact) mass is 394 g/mol. The fourth-order valence-corrected chi connectivity index (χ4v) is 2.95. The summed E-state index contributed by atoms with van der Waals surface area (Å²) in [6, 6.07) is 7.63. The third-order valence-corrected chi connectivity index (χ3v) is 4.33. The standard InChI is InChI=1S/C19H14ClF3N2O2/c1-10-16(18(25-27-10)17-12(20)4-2-7-15(17)23)19(26)24-9-8-11-13(21)5-3-6-14(11)22/h2-7H,8-9H2,1H3,(H,24,26). The van der Waals surface area contributed by atoms with E-state index in [1.54, 1.807) is 0 Å². The van der Waals surface area contributed by atoms with E-state index in [9.17, 15) is 18.0 Å². The molecule has 140 valence electrons. The van der Waals surface area contributed by atoms with E-state index >= 15 is 0 Å². The van der Waals surface area contributed by atoms with Crippen molar-refractivity contribution in [2.24, 2.45) is 0 Å². The molecule has 0 spiro atoms. The molecular weight excluding hydrogens is 381 g/mol. The van der Waals surface area contributed by atoms with Gasteiger partial charge in [-0.05, 0) is 37.6 Å². The lowest BCUT2D eigenvalue weighted by atomic mass is 10.0. The zero-order valence-corrected chi connectivity index (χ0v) is 14.9. The minimum absolute atomic E-state index is 0.0102. The molecule has 0 radical (unpaired) electrons. The molecule has 2 aromatic carbocycles. The predicted molar refractivity (Wildman–Crippen MR) is 94.0 cm³/mol. The third-order valence-electron chi connectivity index (χ3n) is 4.01. The molecule has 0 atom stereocenters. The molecule has 1 N–H and O–H groups in total. The Bertz CT molecular complexity index is 964. The maximum Gasteiger partial charge on any atom is 0.257 e. The Kier molecular flexibility index (Phi) is 5.51. The quantitative estimate of drug-likeness (QED) is 0.682. The van der Waals surface area contributed by atoms with Crippen LogP contribution in [0.15, 0.2) is 40.9 Å². The predicted octanol–water partition coefficient (Wildman–Crippen LogP) is 4.69. The zero-order valence-electron chi connectivity index (χ0n) is 14.2. The van der Waals surface area contributed by atoms with Crippen LogP contribution in [0.25, 0.3) is 11.3 Å². The van der Waals surface area contributed by atoms with E-state index in [2.05, 4.69) is 10.5 Å². The van der Waals surface area contributed by atoms with Gasteiger partial charge >= 0.3 is 0 Å². The van der Waals surface area contributed by atoms with E-state index in [1.807, 2.05) is 0 Å². The average molecular weight is 395 g/mol. The van der Waals surface area contributed by atoms with E-state index in [0.29, 0.717) is 0 Å². The molecule has 8 heteroatoms.